The molecule has 0 heterocycles. The van der Waals surface area contributed by atoms with E-state index < -0.39 is 11.7 Å². The number of hydrogen-bond acceptors (Lipinski definition) is 3. The molecule has 1 aromatic rings. The Balaban J connectivity index is 2.65. The summed E-state index contributed by atoms with van der Waals surface area (Å²) in [7, 11) is 0. The van der Waals surface area contributed by atoms with Crippen molar-refractivity contribution < 1.29 is 9.53 Å². The Morgan fingerprint density at radius 2 is 1.95 bits per heavy atom. The fraction of sp³-hybridized carbons (Fsp3) is 0.462. The molecule has 0 saturated heterocycles. The van der Waals surface area contributed by atoms with Crippen LogP contribution in [0.15, 0.2) is 29.4 Å². The van der Waals surface area contributed by atoms with Gasteiger partial charge in [-0.1, -0.05) is 29.4 Å². The second-order valence-electron chi connectivity index (χ2n) is 5.15. The Bertz CT molecular complexity index is 484. The number of nitrogens with zero attached hydrogens (tertiary/aromatic N) is 3. The lowest BCUT2D eigenvalue weighted by molar-refractivity contribution is 0.0508. The van der Waals surface area contributed by atoms with Crippen LogP contribution in [-0.4, -0.2) is 11.7 Å². The van der Waals surface area contributed by atoms with E-state index in [1.165, 1.54) is 0 Å². The van der Waals surface area contributed by atoms with Gasteiger partial charge in [-0.3, -0.25) is 0 Å². The molecule has 6 heteroatoms. The molecular formula is C13H18N4O2. The van der Waals surface area contributed by atoms with E-state index in [4.69, 9.17) is 10.3 Å². The van der Waals surface area contributed by atoms with Crippen LogP contribution in [0, 0.1) is 0 Å². The standard InChI is InChI=1S/C13H18N4O2/c1-9(15-12(18)19-13(2,3)4)10-5-7-11(8-6-10)16-17-14/h5-9H,1-4H3,(H,15,18). The number of carbonyl (C=O) groups is 1. The summed E-state index contributed by atoms with van der Waals surface area (Å²) < 4.78 is 5.18. The Morgan fingerprint density at radius 3 is 2.42 bits per heavy atom. The summed E-state index contributed by atoms with van der Waals surface area (Å²) in [6.45, 7) is 7.29. The lowest BCUT2D eigenvalue weighted by Crippen LogP contribution is -2.33. The van der Waals surface area contributed by atoms with Gasteiger partial charge in [0.15, 0.2) is 0 Å². The average molecular weight is 262 g/mol. The SMILES string of the molecule is CC(NC(=O)OC(C)(C)C)c1ccc(N=[N+]=[N-])cc1. The summed E-state index contributed by atoms with van der Waals surface area (Å²) in [4.78, 5) is 14.3. The summed E-state index contributed by atoms with van der Waals surface area (Å²) in [6, 6.07) is 6.80. The maximum Gasteiger partial charge on any atom is 0.408 e. The molecule has 0 aromatic heterocycles. The lowest BCUT2D eigenvalue weighted by atomic mass is 10.1. The van der Waals surface area contributed by atoms with Crippen molar-refractivity contribution in [3.05, 3.63) is 40.3 Å². The molecule has 1 rings (SSSR count). The molecule has 1 unspecified atom stereocenters. The first-order valence-corrected chi connectivity index (χ1v) is 5.96. The van der Waals surface area contributed by atoms with Crippen molar-refractivity contribution in [2.75, 3.05) is 0 Å². The normalized spacial score (nSPS) is 12.2. The van der Waals surface area contributed by atoms with Crippen molar-refractivity contribution in [2.45, 2.75) is 39.3 Å². The predicted molar refractivity (Wildman–Crippen MR) is 73.0 cm³/mol. The van der Waals surface area contributed by atoms with Crippen LogP contribution in [-0.2, 0) is 4.74 Å². The first-order chi connectivity index (χ1) is 8.81. The van der Waals surface area contributed by atoms with Crippen LogP contribution < -0.4 is 5.32 Å². The largest absolute Gasteiger partial charge is 0.444 e. The van der Waals surface area contributed by atoms with Gasteiger partial charge in [0.1, 0.15) is 5.60 Å². The van der Waals surface area contributed by atoms with Crippen molar-refractivity contribution in [2.24, 2.45) is 5.11 Å². The third-order valence-electron chi connectivity index (χ3n) is 2.29. The summed E-state index contributed by atoms with van der Waals surface area (Å²) >= 11 is 0. The van der Waals surface area contributed by atoms with Gasteiger partial charge in [-0.05, 0) is 38.8 Å². The van der Waals surface area contributed by atoms with Crippen molar-refractivity contribution in [3.8, 4) is 0 Å². The maximum atomic E-state index is 11.6. The number of alkyl carbamates (subject to hydrolysis) is 1. The zero-order chi connectivity index (χ0) is 14.5. The van der Waals surface area contributed by atoms with Crippen molar-refractivity contribution >= 4 is 11.8 Å². The Morgan fingerprint density at radius 1 is 1.37 bits per heavy atom. The first kappa shape index (κ1) is 14.9. The van der Waals surface area contributed by atoms with Gasteiger partial charge < -0.3 is 10.1 Å². The molecule has 1 aromatic carbocycles. The number of ether oxygens (including phenoxy) is 1. The topological polar surface area (TPSA) is 87.1 Å². The quantitative estimate of drug-likeness (QED) is 0.502. The maximum absolute atomic E-state index is 11.6. The highest BCUT2D eigenvalue weighted by atomic mass is 16.6. The second-order valence-corrected chi connectivity index (χ2v) is 5.15. The Kier molecular flexibility index (Phi) is 4.78. The third kappa shape index (κ3) is 5.31. The van der Waals surface area contributed by atoms with Crippen LogP contribution in [0.5, 0.6) is 0 Å². The number of benzene rings is 1. The lowest BCUT2D eigenvalue weighted by Gasteiger charge is -2.22. The van der Waals surface area contributed by atoms with E-state index in [0.29, 0.717) is 5.69 Å². The molecule has 1 amide bonds. The molecule has 0 fully saturated rings. The third-order valence-corrected chi connectivity index (χ3v) is 2.29. The number of azide groups is 1. The van der Waals surface area contributed by atoms with Gasteiger partial charge >= 0.3 is 6.09 Å². The van der Waals surface area contributed by atoms with Gasteiger partial charge in [-0.25, -0.2) is 4.79 Å². The van der Waals surface area contributed by atoms with E-state index in [-0.39, 0.29) is 6.04 Å². The van der Waals surface area contributed by atoms with Gasteiger partial charge in [-0.2, -0.15) is 0 Å². The molecular weight excluding hydrogens is 244 g/mol. The van der Waals surface area contributed by atoms with E-state index in [0.717, 1.165) is 5.56 Å². The molecule has 0 aliphatic carbocycles. The van der Waals surface area contributed by atoms with E-state index in [1.54, 1.807) is 24.3 Å². The van der Waals surface area contributed by atoms with Gasteiger partial charge in [0.2, 0.25) is 0 Å². The van der Waals surface area contributed by atoms with Crippen molar-refractivity contribution in [1.29, 1.82) is 0 Å². The van der Waals surface area contributed by atoms with Gasteiger partial charge in [0, 0.05) is 10.6 Å². The second kappa shape index (κ2) is 6.11. The number of hydrogen-bond donors (Lipinski definition) is 1. The van der Waals surface area contributed by atoms with Crippen LogP contribution >= 0.6 is 0 Å². The molecule has 0 spiro atoms. The van der Waals surface area contributed by atoms with E-state index in [9.17, 15) is 4.79 Å². The van der Waals surface area contributed by atoms with Crippen LogP contribution in [0.2, 0.25) is 0 Å². The van der Waals surface area contributed by atoms with Crippen LogP contribution in [0.25, 0.3) is 10.4 Å². The fourth-order valence-corrected chi connectivity index (χ4v) is 1.45. The van der Waals surface area contributed by atoms with Crippen molar-refractivity contribution in [1.82, 2.24) is 5.32 Å². The zero-order valence-corrected chi connectivity index (χ0v) is 11.5. The molecule has 0 bridgehead atoms. The summed E-state index contributed by atoms with van der Waals surface area (Å²) in [6.07, 6.45) is -0.459. The molecule has 19 heavy (non-hydrogen) atoms. The zero-order valence-electron chi connectivity index (χ0n) is 11.5. The van der Waals surface area contributed by atoms with Crippen LogP contribution in [0.3, 0.4) is 0 Å². The minimum atomic E-state index is -0.519. The molecule has 0 aliphatic rings. The number of rotatable bonds is 3. The highest BCUT2D eigenvalue weighted by molar-refractivity contribution is 5.68. The number of carbonyl (C=O) groups excluding carboxylic acids is 1. The highest BCUT2D eigenvalue weighted by Gasteiger charge is 2.18. The molecule has 0 aliphatic heterocycles. The van der Waals surface area contributed by atoms with E-state index in [2.05, 4.69) is 15.3 Å². The van der Waals surface area contributed by atoms with Crippen LogP contribution in [0.4, 0.5) is 10.5 Å². The van der Waals surface area contributed by atoms with Crippen molar-refractivity contribution in [3.63, 3.8) is 0 Å². The van der Waals surface area contributed by atoms with Crippen LogP contribution in [0.1, 0.15) is 39.3 Å². The molecule has 0 radical (unpaired) electrons. The van der Waals surface area contributed by atoms with E-state index >= 15 is 0 Å². The summed E-state index contributed by atoms with van der Waals surface area (Å²) in [5.74, 6) is 0. The van der Waals surface area contributed by atoms with Gasteiger partial charge in [-0.15, -0.1) is 0 Å². The molecule has 1 N–H and O–H groups in total. The predicted octanol–water partition coefficient (Wildman–Crippen LogP) is 4.21. The minimum absolute atomic E-state index is 0.185. The number of amides is 1. The number of nitrogens with one attached hydrogen (secondary N) is 1. The molecule has 0 saturated carbocycles. The molecule has 102 valence electrons. The minimum Gasteiger partial charge on any atom is -0.444 e. The fourth-order valence-electron chi connectivity index (χ4n) is 1.45. The Labute approximate surface area is 112 Å². The van der Waals surface area contributed by atoms with Gasteiger partial charge in [0.05, 0.1) is 6.04 Å². The summed E-state index contributed by atoms with van der Waals surface area (Å²) in [5.41, 5.74) is 9.23. The smallest absolute Gasteiger partial charge is 0.408 e. The summed E-state index contributed by atoms with van der Waals surface area (Å²) in [5, 5.41) is 6.22. The monoisotopic (exact) mass is 262 g/mol. The molecule has 1 atom stereocenters. The first-order valence-electron chi connectivity index (χ1n) is 5.96. The van der Waals surface area contributed by atoms with E-state index in [1.807, 2.05) is 27.7 Å². The highest BCUT2D eigenvalue weighted by Crippen LogP contribution is 2.18. The average Bonchev–Trinajstić information content (AvgIpc) is 2.27. The van der Waals surface area contributed by atoms with Gasteiger partial charge in [0.25, 0.3) is 0 Å². The molecule has 6 nitrogen and oxygen atoms in total. The Hall–Kier alpha value is -2.20.